The molecule has 7 nitrogen and oxygen atoms in total. The summed E-state index contributed by atoms with van der Waals surface area (Å²) in [6, 6.07) is 14.1. The second-order valence-corrected chi connectivity index (χ2v) is 6.90. The quantitative estimate of drug-likeness (QED) is 0.500. The number of hydrogen-bond donors (Lipinski definition) is 1. The predicted molar refractivity (Wildman–Crippen MR) is 115 cm³/mol. The van der Waals surface area contributed by atoms with Crippen molar-refractivity contribution >= 4 is 18.2 Å². The highest BCUT2D eigenvalue weighted by molar-refractivity contribution is 6.07. The van der Waals surface area contributed by atoms with Crippen LogP contribution in [0, 0.1) is 0 Å². The first-order valence-electron chi connectivity index (χ1n) is 10.2. The Kier molecular flexibility index (Phi) is 6.72. The fourth-order valence-electron chi connectivity index (χ4n) is 3.36. The lowest BCUT2D eigenvalue weighted by Gasteiger charge is -2.24. The molecule has 0 spiro atoms. The highest BCUT2D eigenvalue weighted by atomic mass is 16.5. The first-order chi connectivity index (χ1) is 14.6. The first kappa shape index (κ1) is 21.4. The van der Waals surface area contributed by atoms with Gasteiger partial charge in [0.1, 0.15) is 5.54 Å². The zero-order chi connectivity index (χ0) is 21.6. The minimum Gasteiger partial charge on any atom is -0.490 e. The summed E-state index contributed by atoms with van der Waals surface area (Å²) in [5, 5.41) is 7.87. The topological polar surface area (TPSA) is 80.2 Å². The molecule has 0 aromatic heterocycles. The lowest BCUT2D eigenvalue weighted by molar-refractivity contribution is -0.131. The van der Waals surface area contributed by atoms with E-state index in [0.717, 1.165) is 17.0 Å². The average Bonchev–Trinajstić information content (AvgIpc) is 3.02. The van der Waals surface area contributed by atoms with Gasteiger partial charge in [0, 0.05) is 0 Å². The molecule has 1 heterocycles. The van der Waals surface area contributed by atoms with Gasteiger partial charge in [0.05, 0.1) is 19.4 Å². The van der Waals surface area contributed by atoms with E-state index in [4.69, 9.17) is 9.47 Å². The van der Waals surface area contributed by atoms with E-state index in [1.165, 1.54) is 6.21 Å². The molecule has 3 amide bonds. The van der Waals surface area contributed by atoms with E-state index in [1.807, 2.05) is 51.1 Å². The van der Waals surface area contributed by atoms with Gasteiger partial charge in [-0.05, 0) is 49.1 Å². The zero-order valence-electron chi connectivity index (χ0n) is 17.6. The van der Waals surface area contributed by atoms with Crippen LogP contribution in [-0.2, 0) is 10.3 Å². The fraction of sp³-hybridized carbons (Fsp3) is 0.348. The number of amides is 3. The largest absolute Gasteiger partial charge is 0.490 e. The maximum atomic E-state index is 13.1. The normalized spacial score (nSPS) is 18.7. The molecule has 1 aliphatic rings. The van der Waals surface area contributed by atoms with E-state index < -0.39 is 17.5 Å². The summed E-state index contributed by atoms with van der Waals surface area (Å²) >= 11 is 0. The second kappa shape index (κ2) is 9.43. The summed E-state index contributed by atoms with van der Waals surface area (Å²) in [5.41, 5.74) is 0.320. The number of carbonyl (C=O) groups is 2. The van der Waals surface area contributed by atoms with E-state index in [9.17, 15) is 9.59 Å². The number of rotatable bonds is 9. The summed E-state index contributed by atoms with van der Waals surface area (Å²) in [7, 11) is 0. The number of benzene rings is 2. The molecule has 2 aromatic rings. The Bertz CT molecular complexity index is 929. The van der Waals surface area contributed by atoms with Crippen molar-refractivity contribution < 1.29 is 19.1 Å². The highest BCUT2D eigenvalue weighted by Gasteiger charge is 2.51. The maximum Gasteiger partial charge on any atom is 0.346 e. The predicted octanol–water partition coefficient (Wildman–Crippen LogP) is 4.07. The molecule has 2 aromatic carbocycles. The first-order valence-corrected chi connectivity index (χ1v) is 10.2. The van der Waals surface area contributed by atoms with Crippen LogP contribution in [-0.4, -0.2) is 36.4 Å². The molecule has 1 fully saturated rings. The van der Waals surface area contributed by atoms with Crippen molar-refractivity contribution in [2.75, 3.05) is 13.2 Å². The van der Waals surface area contributed by atoms with Crippen LogP contribution in [0.3, 0.4) is 0 Å². The van der Waals surface area contributed by atoms with Gasteiger partial charge in [-0.1, -0.05) is 44.2 Å². The average molecular weight is 409 g/mol. The third kappa shape index (κ3) is 4.15. The second-order valence-electron chi connectivity index (χ2n) is 6.90. The lowest BCUT2D eigenvalue weighted by Crippen LogP contribution is -2.43. The number of hydrazone groups is 1. The van der Waals surface area contributed by atoms with Crippen LogP contribution in [0.15, 0.2) is 53.6 Å². The van der Waals surface area contributed by atoms with E-state index in [0.29, 0.717) is 36.7 Å². The van der Waals surface area contributed by atoms with Gasteiger partial charge in [-0.15, -0.1) is 5.01 Å². The molecule has 30 heavy (non-hydrogen) atoms. The molecule has 0 unspecified atom stereocenters. The van der Waals surface area contributed by atoms with Crippen LogP contribution in [0.25, 0.3) is 0 Å². The smallest absolute Gasteiger partial charge is 0.346 e. The standard InChI is InChI=1S/C23H27N3O4/c1-4-14-30-19-13-12-17(15-20(19)29-6-3)16-24-26-21(27)23(5-2,25-22(26)28)18-10-8-7-9-11-18/h7-13,15-16H,4-6,14H2,1-3H3,(H,25,28)/b24-16-/t23-/m1/s1. The summed E-state index contributed by atoms with van der Waals surface area (Å²) in [6.45, 7) is 6.87. The Morgan fingerprint density at radius 3 is 2.47 bits per heavy atom. The van der Waals surface area contributed by atoms with Crippen LogP contribution in [0.5, 0.6) is 11.5 Å². The molecule has 1 atom stereocenters. The van der Waals surface area contributed by atoms with E-state index in [1.54, 1.807) is 18.2 Å². The van der Waals surface area contributed by atoms with Crippen molar-refractivity contribution in [3.63, 3.8) is 0 Å². The van der Waals surface area contributed by atoms with Gasteiger partial charge in [0.15, 0.2) is 11.5 Å². The van der Waals surface area contributed by atoms with Crippen LogP contribution in [0.2, 0.25) is 0 Å². The molecule has 7 heteroatoms. The number of nitrogens with zero attached hydrogens (tertiary/aromatic N) is 2. The van der Waals surface area contributed by atoms with Crippen LogP contribution in [0.1, 0.15) is 44.7 Å². The SMILES string of the molecule is CCCOc1ccc(/C=N\N2C(=O)N[C@](CC)(c3ccccc3)C2=O)cc1OCC. The number of hydrogen-bond acceptors (Lipinski definition) is 5. The van der Waals surface area contributed by atoms with Crippen molar-refractivity contribution in [1.82, 2.24) is 10.3 Å². The number of urea groups is 1. The Morgan fingerprint density at radius 2 is 1.80 bits per heavy atom. The molecular formula is C23H27N3O4. The summed E-state index contributed by atoms with van der Waals surface area (Å²) in [5.74, 6) is 0.851. The Labute approximate surface area is 176 Å². The molecule has 0 radical (unpaired) electrons. The van der Waals surface area contributed by atoms with Crippen molar-refractivity contribution in [3.8, 4) is 11.5 Å². The Hall–Kier alpha value is -3.35. The third-order valence-corrected chi connectivity index (χ3v) is 4.92. The van der Waals surface area contributed by atoms with Crippen LogP contribution in [0.4, 0.5) is 4.79 Å². The summed E-state index contributed by atoms with van der Waals surface area (Å²) < 4.78 is 11.3. The summed E-state index contributed by atoms with van der Waals surface area (Å²) in [6.07, 6.45) is 2.79. The minimum absolute atomic E-state index is 0.398. The molecule has 1 aliphatic heterocycles. The van der Waals surface area contributed by atoms with Crippen molar-refractivity contribution in [3.05, 3.63) is 59.7 Å². The molecule has 0 aliphatic carbocycles. The van der Waals surface area contributed by atoms with Gasteiger partial charge in [-0.25, -0.2) is 4.79 Å². The van der Waals surface area contributed by atoms with Crippen LogP contribution < -0.4 is 14.8 Å². The van der Waals surface area contributed by atoms with Gasteiger partial charge >= 0.3 is 6.03 Å². The van der Waals surface area contributed by atoms with E-state index >= 15 is 0 Å². The summed E-state index contributed by atoms with van der Waals surface area (Å²) in [4.78, 5) is 25.6. The molecule has 3 rings (SSSR count). The molecule has 1 saturated heterocycles. The number of carbonyl (C=O) groups excluding carboxylic acids is 2. The molecule has 1 N–H and O–H groups in total. The monoisotopic (exact) mass is 409 g/mol. The number of nitrogens with one attached hydrogen (secondary N) is 1. The third-order valence-electron chi connectivity index (χ3n) is 4.92. The molecule has 0 bridgehead atoms. The maximum absolute atomic E-state index is 13.1. The Morgan fingerprint density at radius 1 is 1.03 bits per heavy atom. The lowest BCUT2D eigenvalue weighted by atomic mass is 9.87. The van der Waals surface area contributed by atoms with Crippen molar-refractivity contribution in [1.29, 1.82) is 0 Å². The van der Waals surface area contributed by atoms with Crippen molar-refractivity contribution in [2.24, 2.45) is 5.10 Å². The van der Waals surface area contributed by atoms with Gasteiger partial charge < -0.3 is 14.8 Å². The van der Waals surface area contributed by atoms with Gasteiger partial charge in [0.25, 0.3) is 5.91 Å². The zero-order valence-corrected chi connectivity index (χ0v) is 17.6. The van der Waals surface area contributed by atoms with Gasteiger partial charge in [-0.2, -0.15) is 5.10 Å². The van der Waals surface area contributed by atoms with Crippen molar-refractivity contribution in [2.45, 2.75) is 39.2 Å². The van der Waals surface area contributed by atoms with Crippen LogP contribution >= 0.6 is 0 Å². The fourth-order valence-corrected chi connectivity index (χ4v) is 3.36. The number of imide groups is 1. The molecule has 158 valence electrons. The van der Waals surface area contributed by atoms with Gasteiger partial charge in [0.2, 0.25) is 0 Å². The Balaban J connectivity index is 1.84. The highest BCUT2D eigenvalue weighted by Crippen LogP contribution is 2.33. The van der Waals surface area contributed by atoms with Gasteiger partial charge in [-0.3, -0.25) is 4.79 Å². The van der Waals surface area contributed by atoms with E-state index in [2.05, 4.69) is 10.4 Å². The van der Waals surface area contributed by atoms with E-state index in [-0.39, 0.29) is 0 Å². The number of ether oxygens (including phenoxy) is 2. The minimum atomic E-state index is -1.11. The molecule has 0 saturated carbocycles. The molecular weight excluding hydrogens is 382 g/mol.